The number of nitrogens with one attached hydrogen (secondary N) is 5. The first-order valence-corrected chi connectivity index (χ1v) is 30.3. The lowest BCUT2D eigenvalue weighted by atomic mass is 9.88. The summed E-state index contributed by atoms with van der Waals surface area (Å²) in [5.41, 5.74) is 2.23. The van der Waals surface area contributed by atoms with Gasteiger partial charge in [-0.2, -0.15) is 0 Å². The molecule has 0 bridgehead atoms. The van der Waals surface area contributed by atoms with Gasteiger partial charge in [0, 0.05) is 39.3 Å². The van der Waals surface area contributed by atoms with E-state index < -0.39 is 248 Å². The van der Waals surface area contributed by atoms with Gasteiger partial charge < -0.3 is 150 Å². The summed E-state index contributed by atoms with van der Waals surface area (Å²) in [4.78, 5) is 75.3. The fraction of sp³-hybridized carbons (Fsp3) is 0.906. The predicted molar refractivity (Wildman–Crippen MR) is 298 cm³/mol. The molecule has 6 heterocycles. The molecule has 0 radical (unpaired) electrons. The molecule has 6 rings (SSSR count). The first-order valence-electron chi connectivity index (χ1n) is 30.3. The van der Waals surface area contributed by atoms with Crippen molar-refractivity contribution in [1.82, 2.24) is 36.5 Å². The number of carbonyl (C=O) groups is 5. The van der Waals surface area contributed by atoms with Crippen molar-refractivity contribution in [3.8, 4) is 0 Å². The van der Waals surface area contributed by atoms with Gasteiger partial charge in [0.2, 0.25) is 23.6 Å². The number of aliphatic hydroxyl groups is 16. The number of aliphatic hydroxyl groups excluding tert-OH is 16. The maximum Gasteiger partial charge on any atom is 0.257 e. The maximum absolute atomic E-state index is 13.6. The SMILES string of the molecule is CCCNC(=O)CN(CC(=O)NCCO[C@H]1O[C@H](CO[C@H]2O[C@H](CO)[C@@H](O)[C@H](O)[C@@H]2O)[C@@H](O)[C@H](O[C@H]2O[C@H](CO)[C@@H](O)[C@H](O)[C@@H]2O)[C@@H]1O)CC(=O)NOCN1CC(C(=O)NCCO[C@@H]2O[C@@H](C)[C@@H](O)[C@@H](O)[C@@H]2O)CC(C(=O)NCCO[C@@H]2O[C@@H](C)[C@@H](O)[C@@H](O)[C@@H]2O)C1. The van der Waals surface area contributed by atoms with Crippen molar-refractivity contribution >= 4 is 29.5 Å². The Kier molecular flexibility index (Phi) is 31.1. The lowest BCUT2D eigenvalue weighted by molar-refractivity contribution is -0.366. The molecule has 92 heavy (non-hydrogen) atoms. The third-order valence-electron chi connectivity index (χ3n) is 16.1. The van der Waals surface area contributed by atoms with E-state index in [0.29, 0.717) is 6.42 Å². The third-order valence-corrected chi connectivity index (χ3v) is 16.1. The molecule has 0 saturated carbocycles. The Morgan fingerprint density at radius 3 is 1.34 bits per heavy atom. The smallest absolute Gasteiger partial charge is 0.257 e. The summed E-state index contributed by atoms with van der Waals surface area (Å²) in [5, 5.41) is 176. The molecule has 0 aromatic carbocycles. The van der Waals surface area contributed by atoms with Crippen molar-refractivity contribution in [2.45, 2.75) is 187 Å². The molecule has 39 heteroatoms. The zero-order valence-electron chi connectivity index (χ0n) is 50.9. The van der Waals surface area contributed by atoms with E-state index in [1.54, 1.807) is 11.8 Å². The number of hydrogen-bond acceptors (Lipinski definition) is 34. The average Bonchev–Trinajstić information content (AvgIpc) is 0.827. The van der Waals surface area contributed by atoms with E-state index in [0.717, 1.165) is 4.90 Å². The lowest BCUT2D eigenvalue weighted by Crippen LogP contribution is -2.65. The van der Waals surface area contributed by atoms with Crippen LogP contribution < -0.4 is 26.7 Å². The van der Waals surface area contributed by atoms with Crippen LogP contribution in [0.25, 0.3) is 0 Å². The van der Waals surface area contributed by atoms with E-state index in [-0.39, 0.29) is 58.9 Å². The molecular weight excluding hydrogens is 1250 g/mol. The highest BCUT2D eigenvalue weighted by Crippen LogP contribution is 2.32. The standard InChI is InChI=1S/C53H93N7O32/c1-4-5-54-29(63)15-59(16-30(64)55-6-9-84-52-45(79)46(92-53-44(78)40(74)35(69)27(19-62)90-53)36(70)28(91-52)20-85-51-43(77)39(73)34(68)26(18-61)89-51)17-31(65)58-86-21-60-13-24(47(80)56-7-10-82-49-41(75)37(71)32(66)22(2)87-49)12-25(14-60)48(81)57-8-11-83-50-42(76)38(72)33(67)23(3)88-50/h22-28,32-46,49-53,61-62,66-79H,4-21H2,1-3H3,(H,54,63)(H,55,64)(H,56,80)(H,57,81)(H,58,65)/t22-,23-,24?,25?,26+,27+,28+,32+,33+,34+,35+,36+,37+,38+,39-,40-,41-,42-,43-,44-,45-,46-,49+,50+,51-,52-,53+/m0/s1. The Hall–Kier alpha value is -3.81. The normalized spacial score (nSPS) is 39.5. The van der Waals surface area contributed by atoms with Gasteiger partial charge in [0.05, 0.1) is 83.3 Å². The molecule has 21 N–H and O–H groups in total. The summed E-state index contributed by atoms with van der Waals surface area (Å²) in [6.07, 6.45) is -39.7. The minimum absolute atomic E-state index is 0.0107. The second-order valence-electron chi connectivity index (χ2n) is 23.2. The van der Waals surface area contributed by atoms with Crippen molar-refractivity contribution < 1.29 is 158 Å². The molecule has 6 saturated heterocycles. The Bertz CT molecular complexity index is 2220. The number of amides is 5. The minimum atomic E-state index is -2.00. The van der Waals surface area contributed by atoms with Crippen molar-refractivity contribution in [1.29, 1.82) is 0 Å². The molecule has 27 atom stereocenters. The van der Waals surface area contributed by atoms with Gasteiger partial charge in [-0.15, -0.1) is 0 Å². The van der Waals surface area contributed by atoms with Crippen LogP contribution in [0.2, 0.25) is 0 Å². The summed E-state index contributed by atoms with van der Waals surface area (Å²) in [7, 11) is 0. The number of hydrogen-bond donors (Lipinski definition) is 21. The molecule has 532 valence electrons. The Morgan fingerprint density at radius 1 is 0.457 bits per heavy atom. The van der Waals surface area contributed by atoms with Crippen molar-refractivity contribution in [3.63, 3.8) is 0 Å². The second kappa shape index (κ2) is 37.1. The molecule has 0 spiro atoms. The van der Waals surface area contributed by atoms with Crippen LogP contribution in [-0.4, -0.2) is 380 Å². The fourth-order valence-electron chi connectivity index (χ4n) is 10.8. The molecule has 6 aliphatic rings. The topological polar surface area (TPSA) is 577 Å². The van der Waals surface area contributed by atoms with Crippen LogP contribution in [-0.2, 0) is 76.2 Å². The molecule has 0 aromatic heterocycles. The zero-order valence-corrected chi connectivity index (χ0v) is 50.9. The van der Waals surface area contributed by atoms with Gasteiger partial charge in [0.1, 0.15) is 117 Å². The van der Waals surface area contributed by atoms with Crippen LogP contribution >= 0.6 is 0 Å². The van der Waals surface area contributed by atoms with E-state index in [4.69, 9.17) is 52.2 Å². The molecule has 6 aliphatic heterocycles. The van der Waals surface area contributed by atoms with Crippen LogP contribution in [0.1, 0.15) is 33.6 Å². The van der Waals surface area contributed by atoms with E-state index >= 15 is 0 Å². The average molecular weight is 1340 g/mol. The van der Waals surface area contributed by atoms with Gasteiger partial charge in [-0.3, -0.25) is 38.6 Å². The number of rotatable bonds is 32. The number of hydroxylamine groups is 1. The largest absolute Gasteiger partial charge is 0.394 e. The summed E-state index contributed by atoms with van der Waals surface area (Å²) >= 11 is 0. The number of piperidine rings is 1. The van der Waals surface area contributed by atoms with Gasteiger partial charge in [-0.1, -0.05) is 6.92 Å². The molecule has 5 amide bonds. The summed E-state index contributed by atoms with van der Waals surface area (Å²) in [6, 6.07) is 0. The number of ether oxygens (including phenoxy) is 10. The molecule has 39 nitrogen and oxygen atoms in total. The van der Waals surface area contributed by atoms with E-state index in [1.807, 2.05) is 0 Å². The van der Waals surface area contributed by atoms with Gasteiger partial charge in [0.25, 0.3) is 5.91 Å². The highest BCUT2D eigenvalue weighted by Gasteiger charge is 2.53. The Balaban J connectivity index is 1.03. The maximum atomic E-state index is 13.6. The van der Waals surface area contributed by atoms with Gasteiger partial charge in [0.15, 0.2) is 31.5 Å². The highest BCUT2D eigenvalue weighted by molar-refractivity contribution is 5.84. The third kappa shape index (κ3) is 21.1. The molecule has 0 aliphatic carbocycles. The highest BCUT2D eigenvalue weighted by atomic mass is 16.8. The monoisotopic (exact) mass is 1340 g/mol. The summed E-state index contributed by atoms with van der Waals surface area (Å²) in [5.74, 6) is -4.99. The molecule has 2 unspecified atom stereocenters. The van der Waals surface area contributed by atoms with E-state index in [1.165, 1.54) is 13.8 Å². The fourth-order valence-corrected chi connectivity index (χ4v) is 10.8. The molecule has 0 aromatic rings. The number of nitrogens with zero attached hydrogens (tertiary/aromatic N) is 2. The van der Waals surface area contributed by atoms with Crippen molar-refractivity contribution in [3.05, 3.63) is 0 Å². The van der Waals surface area contributed by atoms with Crippen LogP contribution in [0.4, 0.5) is 0 Å². The van der Waals surface area contributed by atoms with Crippen LogP contribution in [0.5, 0.6) is 0 Å². The van der Waals surface area contributed by atoms with Crippen LogP contribution in [0.15, 0.2) is 0 Å². The van der Waals surface area contributed by atoms with Crippen LogP contribution in [0, 0.1) is 11.8 Å². The summed E-state index contributed by atoms with van der Waals surface area (Å²) < 4.78 is 55.5. The van der Waals surface area contributed by atoms with Gasteiger partial charge >= 0.3 is 0 Å². The number of likely N-dealkylation sites (tertiary alicyclic amines) is 1. The van der Waals surface area contributed by atoms with E-state index in [9.17, 15) is 106 Å². The molecule has 6 fully saturated rings. The summed E-state index contributed by atoms with van der Waals surface area (Å²) in [6.45, 7) is -0.962. The lowest BCUT2D eigenvalue weighted by Gasteiger charge is -2.46. The Morgan fingerprint density at radius 2 is 0.859 bits per heavy atom. The first-order chi connectivity index (χ1) is 43.7. The second-order valence-corrected chi connectivity index (χ2v) is 23.2. The predicted octanol–water partition coefficient (Wildman–Crippen LogP) is -13.7. The Labute approximate surface area is 527 Å². The first kappa shape index (κ1) is 77.2. The minimum Gasteiger partial charge on any atom is -0.394 e. The van der Waals surface area contributed by atoms with Crippen molar-refractivity contribution in [2.75, 3.05) is 105 Å². The zero-order chi connectivity index (χ0) is 67.7. The van der Waals surface area contributed by atoms with Crippen LogP contribution in [0.3, 0.4) is 0 Å². The van der Waals surface area contributed by atoms with E-state index in [2.05, 4.69) is 26.7 Å². The van der Waals surface area contributed by atoms with Gasteiger partial charge in [-0.25, -0.2) is 5.48 Å². The molecular formula is C53H93N7O32. The van der Waals surface area contributed by atoms with Crippen molar-refractivity contribution in [2.24, 2.45) is 11.8 Å². The van der Waals surface area contributed by atoms with Gasteiger partial charge in [-0.05, 0) is 26.7 Å². The quantitative estimate of drug-likeness (QED) is 0.0220. The number of carbonyl (C=O) groups excluding carboxylic acids is 5.